The fourth-order valence-electron chi connectivity index (χ4n) is 2.72. The molecule has 0 saturated carbocycles. The molecular weight excluding hydrogens is 274 g/mol. The van der Waals surface area contributed by atoms with Gasteiger partial charge in [0.25, 0.3) is 5.91 Å². The summed E-state index contributed by atoms with van der Waals surface area (Å²) in [6.45, 7) is 4.76. The van der Waals surface area contributed by atoms with Crippen molar-refractivity contribution in [1.82, 2.24) is 15.3 Å². The van der Waals surface area contributed by atoms with Crippen molar-refractivity contribution in [3.63, 3.8) is 0 Å². The highest BCUT2D eigenvalue weighted by Gasteiger charge is 2.47. The van der Waals surface area contributed by atoms with E-state index in [1.165, 1.54) is 18.7 Å². The maximum Gasteiger partial charge on any atom is 0.254 e. The van der Waals surface area contributed by atoms with Gasteiger partial charge >= 0.3 is 0 Å². The van der Waals surface area contributed by atoms with Gasteiger partial charge < -0.3 is 19.5 Å². The van der Waals surface area contributed by atoms with Crippen molar-refractivity contribution in [2.75, 3.05) is 13.2 Å². The van der Waals surface area contributed by atoms with Crippen LogP contribution in [0.1, 0.15) is 30.6 Å². The third-order valence-electron chi connectivity index (χ3n) is 3.61. The lowest BCUT2D eigenvalue weighted by Gasteiger charge is -2.31. The number of carbonyl (C=O) groups excluding carboxylic acids is 1. The van der Waals surface area contributed by atoms with Crippen LogP contribution in [0.3, 0.4) is 0 Å². The third-order valence-corrected chi connectivity index (χ3v) is 3.61. The number of hydrogen-bond donors (Lipinski definition) is 1. The van der Waals surface area contributed by atoms with Crippen LogP contribution in [0.2, 0.25) is 0 Å². The van der Waals surface area contributed by atoms with Crippen molar-refractivity contribution in [2.45, 2.75) is 44.4 Å². The lowest BCUT2D eigenvalue weighted by Crippen LogP contribution is -2.48. The number of ether oxygens (including phenoxy) is 3. The van der Waals surface area contributed by atoms with Gasteiger partial charge in [0.05, 0.1) is 11.7 Å². The molecule has 1 amide bonds. The average Bonchev–Trinajstić information content (AvgIpc) is 2.80. The van der Waals surface area contributed by atoms with E-state index >= 15 is 0 Å². The summed E-state index contributed by atoms with van der Waals surface area (Å²) < 4.78 is 17.4. The van der Waals surface area contributed by atoms with Gasteiger partial charge in [-0.2, -0.15) is 0 Å². The molecule has 3 unspecified atom stereocenters. The number of nitrogens with one attached hydrogen (secondary N) is 1. The zero-order valence-electron chi connectivity index (χ0n) is 12.1. The molecule has 0 aromatic carbocycles. The molecule has 3 rings (SSSR count). The van der Waals surface area contributed by atoms with Crippen LogP contribution in [0.25, 0.3) is 0 Å². The molecule has 114 valence electrons. The Morgan fingerprint density at radius 2 is 2.14 bits per heavy atom. The summed E-state index contributed by atoms with van der Waals surface area (Å²) >= 11 is 0. The smallest absolute Gasteiger partial charge is 0.254 e. The van der Waals surface area contributed by atoms with E-state index in [4.69, 9.17) is 14.2 Å². The summed E-state index contributed by atoms with van der Waals surface area (Å²) in [6.07, 6.45) is 4.81. The minimum Gasteiger partial charge on any atom is -0.373 e. The predicted octanol–water partition coefficient (Wildman–Crippen LogP) is 0.515. The number of amides is 1. The fraction of sp³-hybridized carbons (Fsp3) is 0.643. The van der Waals surface area contributed by atoms with Gasteiger partial charge in [0.15, 0.2) is 5.79 Å². The number of nitrogens with zero attached hydrogens (tertiary/aromatic N) is 2. The van der Waals surface area contributed by atoms with Crippen LogP contribution < -0.4 is 5.32 Å². The molecule has 7 nitrogen and oxygen atoms in total. The van der Waals surface area contributed by atoms with Gasteiger partial charge in [-0.05, 0) is 20.3 Å². The Morgan fingerprint density at radius 1 is 1.38 bits per heavy atom. The minimum absolute atomic E-state index is 0.0238. The summed E-state index contributed by atoms with van der Waals surface area (Å²) in [6, 6.07) is 0. The Morgan fingerprint density at radius 3 is 2.90 bits per heavy atom. The Hall–Kier alpha value is -1.57. The molecular formula is C14H19N3O4. The van der Waals surface area contributed by atoms with Crippen LogP contribution in [0.4, 0.5) is 0 Å². The molecule has 2 saturated heterocycles. The zero-order chi connectivity index (χ0) is 14.9. The molecule has 2 fully saturated rings. The second-order valence-electron chi connectivity index (χ2n) is 5.67. The first-order chi connectivity index (χ1) is 10.1. The van der Waals surface area contributed by atoms with E-state index in [0.717, 1.165) is 6.42 Å². The van der Waals surface area contributed by atoms with E-state index in [-0.39, 0.29) is 24.2 Å². The van der Waals surface area contributed by atoms with E-state index in [1.54, 1.807) is 0 Å². The molecule has 1 aromatic rings. The second-order valence-corrected chi connectivity index (χ2v) is 5.67. The third kappa shape index (κ3) is 3.20. The SMILES string of the molecule is CC1(C)OC2CCOC(CNC(=O)c3cncnc3)C2O1. The van der Waals surface area contributed by atoms with E-state index in [1.807, 2.05) is 13.8 Å². The molecule has 1 N–H and O–H groups in total. The molecule has 0 aliphatic carbocycles. The van der Waals surface area contributed by atoms with Crippen molar-refractivity contribution in [3.8, 4) is 0 Å². The normalized spacial score (nSPS) is 30.7. The Balaban J connectivity index is 1.59. The van der Waals surface area contributed by atoms with Crippen LogP contribution >= 0.6 is 0 Å². The summed E-state index contributed by atoms with van der Waals surface area (Å²) in [5, 5.41) is 2.83. The second kappa shape index (κ2) is 5.67. The molecule has 3 heterocycles. The highest BCUT2D eigenvalue weighted by Crippen LogP contribution is 2.34. The van der Waals surface area contributed by atoms with Gasteiger partial charge in [-0.15, -0.1) is 0 Å². The Labute approximate surface area is 123 Å². The number of aromatic nitrogens is 2. The van der Waals surface area contributed by atoms with E-state index in [9.17, 15) is 4.79 Å². The first-order valence-electron chi connectivity index (χ1n) is 7.06. The zero-order valence-corrected chi connectivity index (χ0v) is 12.1. The highest BCUT2D eigenvalue weighted by atomic mass is 16.8. The van der Waals surface area contributed by atoms with Crippen molar-refractivity contribution < 1.29 is 19.0 Å². The maximum absolute atomic E-state index is 12.0. The number of hydrogen-bond acceptors (Lipinski definition) is 6. The molecule has 2 aliphatic rings. The van der Waals surface area contributed by atoms with Gasteiger partial charge in [-0.3, -0.25) is 4.79 Å². The first-order valence-corrected chi connectivity index (χ1v) is 7.06. The molecule has 21 heavy (non-hydrogen) atoms. The summed E-state index contributed by atoms with van der Waals surface area (Å²) in [5.41, 5.74) is 0.425. The standard InChI is InChI=1S/C14H19N3O4/c1-14(2)20-10-3-4-19-11(12(10)21-14)7-17-13(18)9-5-15-8-16-6-9/h5-6,8,10-12H,3-4,7H2,1-2H3,(H,17,18). The average molecular weight is 293 g/mol. The minimum atomic E-state index is -0.599. The van der Waals surface area contributed by atoms with Crippen molar-refractivity contribution in [2.24, 2.45) is 0 Å². The van der Waals surface area contributed by atoms with E-state index in [2.05, 4.69) is 15.3 Å². The largest absolute Gasteiger partial charge is 0.373 e. The maximum atomic E-state index is 12.0. The first kappa shape index (κ1) is 14.4. The van der Waals surface area contributed by atoms with Gasteiger partial charge in [0, 0.05) is 25.5 Å². The van der Waals surface area contributed by atoms with Gasteiger partial charge in [-0.1, -0.05) is 0 Å². The van der Waals surface area contributed by atoms with E-state index < -0.39 is 5.79 Å². The molecule has 1 aromatic heterocycles. The Bertz CT molecular complexity index is 508. The van der Waals surface area contributed by atoms with Crippen molar-refractivity contribution in [1.29, 1.82) is 0 Å². The van der Waals surface area contributed by atoms with E-state index in [0.29, 0.717) is 18.7 Å². The number of fused-ring (bicyclic) bond motifs is 1. The monoisotopic (exact) mass is 293 g/mol. The molecule has 7 heteroatoms. The van der Waals surface area contributed by atoms with Crippen LogP contribution in [0.5, 0.6) is 0 Å². The topological polar surface area (TPSA) is 82.6 Å². The van der Waals surface area contributed by atoms with Gasteiger partial charge in [0.2, 0.25) is 0 Å². The fourth-order valence-corrected chi connectivity index (χ4v) is 2.72. The van der Waals surface area contributed by atoms with Gasteiger partial charge in [0.1, 0.15) is 18.5 Å². The number of rotatable bonds is 3. The van der Waals surface area contributed by atoms with Gasteiger partial charge in [-0.25, -0.2) is 9.97 Å². The number of carbonyl (C=O) groups is 1. The molecule has 2 aliphatic heterocycles. The molecule has 3 atom stereocenters. The summed E-state index contributed by atoms with van der Waals surface area (Å²) in [5.74, 6) is -0.821. The summed E-state index contributed by atoms with van der Waals surface area (Å²) in [4.78, 5) is 19.6. The molecule has 0 bridgehead atoms. The lowest BCUT2D eigenvalue weighted by atomic mass is 10.0. The molecule has 0 radical (unpaired) electrons. The molecule has 0 spiro atoms. The van der Waals surface area contributed by atoms with Crippen LogP contribution in [0, 0.1) is 0 Å². The highest BCUT2D eigenvalue weighted by molar-refractivity contribution is 5.93. The lowest BCUT2D eigenvalue weighted by molar-refractivity contribution is -0.153. The van der Waals surface area contributed by atoms with Crippen LogP contribution in [0.15, 0.2) is 18.7 Å². The summed E-state index contributed by atoms with van der Waals surface area (Å²) in [7, 11) is 0. The van der Waals surface area contributed by atoms with Crippen molar-refractivity contribution in [3.05, 3.63) is 24.3 Å². The van der Waals surface area contributed by atoms with Crippen LogP contribution in [-0.2, 0) is 14.2 Å². The Kier molecular flexibility index (Phi) is 3.88. The van der Waals surface area contributed by atoms with Crippen LogP contribution in [-0.4, -0.2) is 53.1 Å². The predicted molar refractivity (Wildman–Crippen MR) is 72.5 cm³/mol. The van der Waals surface area contributed by atoms with Crippen molar-refractivity contribution >= 4 is 5.91 Å². The quantitative estimate of drug-likeness (QED) is 0.874.